The first-order valence-corrected chi connectivity index (χ1v) is 3.10. The molecule has 1 rings (SSSR count). The van der Waals surface area contributed by atoms with Crippen LogP contribution in [0.3, 0.4) is 0 Å². The average molecular weight is 136 g/mol. The Morgan fingerprint density at radius 1 is 1.70 bits per heavy atom. The minimum absolute atomic E-state index is 0.233. The van der Waals surface area contributed by atoms with Gasteiger partial charge in [0.05, 0.1) is 6.20 Å². The maximum absolute atomic E-state index is 8.51. The molecule has 0 aliphatic rings. The normalized spacial score (nSPS) is 9.80. The van der Waals surface area contributed by atoms with E-state index in [9.17, 15) is 0 Å². The molecule has 0 atom stereocenters. The van der Waals surface area contributed by atoms with Crippen LogP contribution in [0, 0.1) is 11.3 Å². The van der Waals surface area contributed by atoms with Crippen LogP contribution in [0.2, 0.25) is 0 Å². The third kappa shape index (κ3) is 1.01. The van der Waals surface area contributed by atoms with Gasteiger partial charge in [0.1, 0.15) is 11.6 Å². The van der Waals surface area contributed by atoms with Gasteiger partial charge in [-0.25, -0.2) is 0 Å². The molecule has 0 unspecified atom stereocenters. The minimum Gasteiger partial charge on any atom is -0.360 e. The number of hydrogen-bond donors (Lipinski definition) is 0. The number of rotatable bonds is 1. The molecule has 1 aromatic rings. The summed E-state index contributed by atoms with van der Waals surface area (Å²) < 4.78 is 4.84. The zero-order chi connectivity index (χ0) is 7.56. The van der Waals surface area contributed by atoms with Crippen LogP contribution in [0.1, 0.15) is 31.1 Å². The number of nitrogens with zero attached hydrogens (tertiary/aromatic N) is 2. The lowest BCUT2D eigenvalue weighted by atomic mass is 10.1. The molecule has 0 fully saturated rings. The maximum Gasteiger partial charge on any atom is 0.156 e. The molecule has 52 valence electrons. The van der Waals surface area contributed by atoms with E-state index in [1.807, 2.05) is 19.9 Å². The van der Waals surface area contributed by atoms with E-state index in [0.29, 0.717) is 11.3 Å². The van der Waals surface area contributed by atoms with Crippen molar-refractivity contribution in [2.45, 2.75) is 19.8 Å². The smallest absolute Gasteiger partial charge is 0.156 e. The Bertz CT molecular complexity index is 257. The highest BCUT2D eigenvalue weighted by atomic mass is 16.5. The second kappa shape index (κ2) is 2.53. The summed E-state index contributed by atoms with van der Waals surface area (Å²) in [6, 6.07) is 2.00. The zero-order valence-corrected chi connectivity index (χ0v) is 5.96. The van der Waals surface area contributed by atoms with E-state index >= 15 is 0 Å². The first-order valence-electron chi connectivity index (χ1n) is 3.10. The number of aromatic nitrogens is 1. The Morgan fingerprint density at radius 2 is 2.40 bits per heavy atom. The third-order valence-electron chi connectivity index (χ3n) is 1.24. The lowest BCUT2D eigenvalue weighted by Crippen LogP contribution is -1.85. The highest BCUT2D eigenvalue weighted by Gasteiger charge is 2.10. The minimum atomic E-state index is 0.233. The van der Waals surface area contributed by atoms with Gasteiger partial charge in [-0.15, -0.1) is 0 Å². The predicted molar refractivity (Wildman–Crippen MR) is 35.3 cm³/mol. The fraction of sp³-hybridized carbons (Fsp3) is 0.429. The van der Waals surface area contributed by atoms with Gasteiger partial charge in [-0.3, -0.25) is 0 Å². The fourth-order valence-electron chi connectivity index (χ4n) is 0.749. The van der Waals surface area contributed by atoms with Crippen LogP contribution in [-0.2, 0) is 0 Å². The first kappa shape index (κ1) is 6.81. The summed E-state index contributed by atoms with van der Waals surface area (Å²) >= 11 is 0. The molecular weight excluding hydrogens is 128 g/mol. The molecule has 3 nitrogen and oxygen atoms in total. The lowest BCUT2D eigenvalue weighted by Gasteiger charge is -1.95. The van der Waals surface area contributed by atoms with Gasteiger partial charge in [0.25, 0.3) is 0 Å². The maximum atomic E-state index is 8.51. The second-order valence-electron chi connectivity index (χ2n) is 2.37. The predicted octanol–water partition coefficient (Wildman–Crippen LogP) is 1.67. The highest BCUT2D eigenvalue weighted by Crippen LogP contribution is 2.17. The molecule has 0 N–H and O–H groups in total. The van der Waals surface area contributed by atoms with Crippen LogP contribution in [-0.4, -0.2) is 5.16 Å². The second-order valence-corrected chi connectivity index (χ2v) is 2.37. The molecule has 0 saturated heterocycles. The molecule has 0 radical (unpaired) electrons. The van der Waals surface area contributed by atoms with Crippen LogP contribution in [0.4, 0.5) is 0 Å². The summed E-state index contributed by atoms with van der Waals surface area (Å²) in [6.07, 6.45) is 1.44. The Balaban J connectivity index is 3.05. The molecule has 1 heterocycles. The Morgan fingerprint density at radius 3 is 2.80 bits per heavy atom. The summed E-state index contributed by atoms with van der Waals surface area (Å²) in [6.45, 7) is 3.92. The van der Waals surface area contributed by atoms with Crippen molar-refractivity contribution in [3.8, 4) is 6.07 Å². The average Bonchev–Trinajstić information content (AvgIpc) is 2.33. The molecule has 0 aliphatic carbocycles. The third-order valence-corrected chi connectivity index (χ3v) is 1.24. The Hall–Kier alpha value is -1.30. The van der Waals surface area contributed by atoms with Gasteiger partial charge in [-0.2, -0.15) is 5.26 Å². The van der Waals surface area contributed by atoms with E-state index in [2.05, 4.69) is 5.16 Å². The molecule has 0 bridgehead atoms. The molecule has 3 heteroatoms. The van der Waals surface area contributed by atoms with Crippen LogP contribution < -0.4 is 0 Å². The molecular formula is C7H8N2O. The standard InChI is InChI=1S/C7H8N2O/c1-5(2)7-6(3-8)4-9-10-7/h4-5H,1-2H3. The van der Waals surface area contributed by atoms with Gasteiger partial charge < -0.3 is 4.52 Å². The fourth-order valence-corrected chi connectivity index (χ4v) is 0.749. The van der Waals surface area contributed by atoms with Crippen molar-refractivity contribution >= 4 is 0 Å². The first-order chi connectivity index (χ1) is 4.75. The Kier molecular flexibility index (Phi) is 1.72. The quantitative estimate of drug-likeness (QED) is 0.590. The van der Waals surface area contributed by atoms with E-state index in [1.165, 1.54) is 6.20 Å². The van der Waals surface area contributed by atoms with Gasteiger partial charge in [0.15, 0.2) is 5.76 Å². The van der Waals surface area contributed by atoms with Crippen molar-refractivity contribution in [2.24, 2.45) is 0 Å². The van der Waals surface area contributed by atoms with Crippen molar-refractivity contribution in [2.75, 3.05) is 0 Å². The van der Waals surface area contributed by atoms with E-state index in [0.717, 1.165) is 0 Å². The number of hydrogen-bond acceptors (Lipinski definition) is 3. The van der Waals surface area contributed by atoms with Crippen LogP contribution >= 0.6 is 0 Å². The van der Waals surface area contributed by atoms with Gasteiger partial charge in [-0.05, 0) is 0 Å². The topological polar surface area (TPSA) is 49.8 Å². The molecule has 10 heavy (non-hydrogen) atoms. The van der Waals surface area contributed by atoms with Crippen LogP contribution in [0.15, 0.2) is 10.7 Å². The van der Waals surface area contributed by atoms with Crippen molar-refractivity contribution in [3.63, 3.8) is 0 Å². The van der Waals surface area contributed by atoms with Gasteiger partial charge in [0, 0.05) is 5.92 Å². The van der Waals surface area contributed by atoms with E-state index in [4.69, 9.17) is 9.78 Å². The van der Waals surface area contributed by atoms with Crippen LogP contribution in [0.25, 0.3) is 0 Å². The lowest BCUT2D eigenvalue weighted by molar-refractivity contribution is 0.370. The summed E-state index contributed by atoms with van der Waals surface area (Å²) in [7, 11) is 0. The summed E-state index contributed by atoms with van der Waals surface area (Å²) in [5, 5.41) is 12.0. The molecule has 1 aromatic heterocycles. The highest BCUT2D eigenvalue weighted by molar-refractivity contribution is 5.29. The SMILES string of the molecule is CC(C)c1oncc1C#N. The van der Waals surface area contributed by atoms with Crippen molar-refractivity contribution in [3.05, 3.63) is 17.5 Å². The number of nitriles is 1. The zero-order valence-electron chi connectivity index (χ0n) is 5.96. The van der Waals surface area contributed by atoms with E-state index in [1.54, 1.807) is 0 Å². The van der Waals surface area contributed by atoms with Gasteiger partial charge >= 0.3 is 0 Å². The van der Waals surface area contributed by atoms with Gasteiger partial charge in [0.2, 0.25) is 0 Å². The molecule has 0 amide bonds. The van der Waals surface area contributed by atoms with Crippen molar-refractivity contribution in [1.29, 1.82) is 5.26 Å². The molecule has 0 aliphatic heterocycles. The van der Waals surface area contributed by atoms with Crippen molar-refractivity contribution in [1.82, 2.24) is 5.16 Å². The van der Waals surface area contributed by atoms with E-state index < -0.39 is 0 Å². The van der Waals surface area contributed by atoms with Crippen molar-refractivity contribution < 1.29 is 4.52 Å². The van der Waals surface area contributed by atoms with E-state index in [-0.39, 0.29) is 5.92 Å². The monoisotopic (exact) mass is 136 g/mol. The molecule has 0 spiro atoms. The Labute approximate surface area is 59.2 Å². The summed E-state index contributed by atoms with van der Waals surface area (Å²) in [4.78, 5) is 0. The molecule has 0 aromatic carbocycles. The summed E-state index contributed by atoms with van der Waals surface area (Å²) in [5.41, 5.74) is 0.537. The largest absolute Gasteiger partial charge is 0.360 e. The molecule has 0 saturated carbocycles. The summed E-state index contributed by atoms with van der Waals surface area (Å²) in [5.74, 6) is 0.902. The van der Waals surface area contributed by atoms with Gasteiger partial charge in [-0.1, -0.05) is 19.0 Å². The van der Waals surface area contributed by atoms with Crippen LogP contribution in [0.5, 0.6) is 0 Å².